The first-order valence-electron chi connectivity index (χ1n) is 9.68. The molecule has 0 bridgehead atoms. The van der Waals surface area contributed by atoms with Crippen LogP contribution < -0.4 is 9.47 Å². The van der Waals surface area contributed by atoms with Crippen LogP contribution in [-0.2, 0) is 9.59 Å². The van der Waals surface area contributed by atoms with Gasteiger partial charge in [0.25, 0.3) is 0 Å². The Morgan fingerprint density at radius 1 is 0.724 bits per heavy atom. The van der Waals surface area contributed by atoms with E-state index in [1.807, 2.05) is 60.7 Å². The maximum absolute atomic E-state index is 12.2. The number of carbonyl (C=O) groups excluding carboxylic acids is 2. The molecule has 0 saturated carbocycles. The highest BCUT2D eigenvalue weighted by Crippen LogP contribution is 2.29. The van der Waals surface area contributed by atoms with Crippen molar-refractivity contribution in [3.8, 4) is 22.6 Å². The number of ether oxygens (including phenoxy) is 2. The molecule has 0 amide bonds. The van der Waals surface area contributed by atoms with Gasteiger partial charge in [0.2, 0.25) is 0 Å². The van der Waals surface area contributed by atoms with Crippen molar-refractivity contribution in [3.05, 3.63) is 84.4 Å². The third-order valence-corrected chi connectivity index (χ3v) is 4.51. The lowest BCUT2D eigenvalue weighted by Gasteiger charge is -2.10. The van der Waals surface area contributed by atoms with Gasteiger partial charge < -0.3 is 9.47 Å². The number of rotatable bonds is 7. The van der Waals surface area contributed by atoms with Crippen molar-refractivity contribution in [2.75, 3.05) is 0 Å². The van der Waals surface area contributed by atoms with Gasteiger partial charge in [-0.1, -0.05) is 74.5 Å². The fraction of sp³-hybridized carbons (Fsp3) is 0.200. The second-order valence-corrected chi connectivity index (χ2v) is 7.03. The van der Waals surface area contributed by atoms with Crippen molar-refractivity contribution in [1.82, 2.24) is 0 Å². The first kappa shape index (κ1) is 20.3. The maximum atomic E-state index is 12.2. The lowest BCUT2D eigenvalue weighted by Crippen LogP contribution is -2.14. The number of hydrogen-bond donors (Lipinski definition) is 0. The Morgan fingerprint density at radius 2 is 1.31 bits per heavy atom. The Hall–Kier alpha value is -3.40. The molecule has 0 aliphatic rings. The highest BCUT2D eigenvalue weighted by Gasteiger charge is 2.14. The average Bonchev–Trinajstić information content (AvgIpc) is 2.74. The highest BCUT2D eigenvalue weighted by atomic mass is 16.5. The highest BCUT2D eigenvalue weighted by molar-refractivity contribution is 5.82. The molecule has 0 aliphatic heterocycles. The molecule has 29 heavy (non-hydrogen) atoms. The summed E-state index contributed by atoms with van der Waals surface area (Å²) in [7, 11) is 0. The van der Waals surface area contributed by atoms with Crippen LogP contribution in [0.15, 0.2) is 78.9 Å². The minimum absolute atomic E-state index is 0.0434. The number of esters is 2. The summed E-state index contributed by atoms with van der Waals surface area (Å²) in [6.07, 6.45) is -0.0930. The van der Waals surface area contributed by atoms with Crippen molar-refractivity contribution < 1.29 is 19.1 Å². The van der Waals surface area contributed by atoms with Crippen molar-refractivity contribution in [3.63, 3.8) is 0 Å². The minimum atomic E-state index is -0.472. The van der Waals surface area contributed by atoms with Crippen LogP contribution in [-0.4, -0.2) is 11.9 Å². The van der Waals surface area contributed by atoms with E-state index in [1.54, 1.807) is 18.2 Å². The van der Waals surface area contributed by atoms with Crippen molar-refractivity contribution in [2.45, 2.75) is 32.6 Å². The largest absolute Gasteiger partial charge is 0.427 e. The molecule has 0 unspecified atom stereocenters. The summed E-state index contributed by atoms with van der Waals surface area (Å²) in [6, 6.07) is 24.4. The molecule has 0 aliphatic carbocycles. The molecule has 3 aromatic carbocycles. The second kappa shape index (κ2) is 9.69. The van der Waals surface area contributed by atoms with E-state index in [0.717, 1.165) is 11.1 Å². The third kappa shape index (κ3) is 5.79. The van der Waals surface area contributed by atoms with Gasteiger partial charge in [-0.25, -0.2) is 0 Å². The summed E-state index contributed by atoms with van der Waals surface area (Å²) < 4.78 is 10.8. The van der Waals surface area contributed by atoms with Crippen LogP contribution in [0.2, 0.25) is 0 Å². The van der Waals surface area contributed by atoms with Crippen molar-refractivity contribution >= 4 is 11.9 Å². The SMILES string of the molecule is CC(C)c1ccc(OC(=O)CCC(=O)Oc2ccccc2-c2ccccc2)cc1. The van der Waals surface area contributed by atoms with Gasteiger partial charge in [0.1, 0.15) is 11.5 Å². The molecule has 0 atom stereocenters. The Bertz CT molecular complexity index is 960. The molecule has 0 aromatic heterocycles. The first-order chi connectivity index (χ1) is 14.0. The molecule has 0 radical (unpaired) electrons. The minimum Gasteiger partial charge on any atom is -0.427 e. The van der Waals surface area contributed by atoms with Gasteiger partial charge in [-0.2, -0.15) is 0 Å². The van der Waals surface area contributed by atoms with Crippen molar-refractivity contribution in [2.24, 2.45) is 0 Å². The standard InChI is InChI=1S/C25H24O4/c1-18(2)19-12-14-21(15-13-19)28-24(26)16-17-25(27)29-23-11-7-6-10-22(23)20-8-4-3-5-9-20/h3-15,18H,16-17H2,1-2H3. The predicted octanol–water partition coefficient (Wildman–Crippen LogP) is 5.77. The molecular weight excluding hydrogens is 364 g/mol. The average molecular weight is 388 g/mol. The van der Waals surface area contributed by atoms with E-state index in [-0.39, 0.29) is 12.8 Å². The molecule has 3 rings (SSSR count). The van der Waals surface area contributed by atoms with Crippen LogP contribution in [0.4, 0.5) is 0 Å². The van der Waals surface area contributed by atoms with E-state index >= 15 is 0 Å². The first-order valence-corrected chi connectivity index (χ1v) is 9.68. The molecule has 0 heterocycles. The molecule has 3 aromatic rings. The van der Waals surface area contributed by atoms with Crippen LogP contribution in [0.3, 0.4) is 0 Å². The summed E-state index contributed by atoms with van der Waals surface area (Å²) in [6.45, 7) is 4.20. The molecule has 0 spiro atoms. The Kier molecular flexibility index (Phi) is 6.80. The van der Waals surface area contributed by atoms with E-state index in [0.29, 0.717) is 17.4 Å². The number of benzene rings is 3. The summed E-state index contributed by atoms with van der Waals surface area (Å²) in [5, 5.41) is 0. The van der Waals surface area contributed by atoms with Crippen LogP contribution >= 0.6 is 0 Å². The zero-order valence-electron chi connectivity index (χ0n) is 16.6. The Morgan fingerprint density at radius 3 is 1.97 bits per heavy atom. The topological polar surface area (TPSA) is 52.6 Å². The number of carbonyl (C=O) groups is 2. The van der Waals surface area contributed by atoms with Gasteiger partial charge in [-0.15, -0.1) is 0 Å². The number of para-hydroxylation sites is 1. The molecular formula is C25H24O4. The lowest BCUT2D eigenvalue weighted by molar-refractivity contribution is -0.140. The monoisotopic (exact) mass is 388 g/mol. The Labute approximate surface area is 171 Å². The smallest absolute Gasteiger partial charge is 0.311 e. The summed E-state index contributed by atoms with van der Waals surface area (Å²) >= 11 is 0. The van der Waals surface area contributed by atoms with Gasteiger partial charge in [-0.3, -0.25) is 9.59 Å². The second-order valence-electron chi connectivity index (χ2n) is 7.03. The van der Waals surface area contributed by atoms with Crippen molar-refractivity contribution in [1.29, 1.82) is 0 Å². The maximum Gasteiger partial charge on any atom is 0.311 e. The fourth-order valence-corrected chi connectivity index (χ4v) is 2.89. The van der Waals surface area contributed by atoms with Gasteiger partial charge in [0, 0.05) is 5.56 Å². The van der Waals surface area contributed by atoms with Crippen LogP contribution in [0.25, 0.3) is 11.1 Å². The van der Waals surface area contributed by atoms with Crippen LogP contribution in [0, 0.1) is 0 Å². The van der Waals surface area contributed by atoms with E-state index in [1.165, 1.54) is 5.56 Å². The lowest BCUT2D eigenvalue weighted by atomic mass is 10.0. The quantitative estimate of drug-likeness (QED) is 0.381. The summed E-state index contributed by atoms with van der Waals surface area (Å²) in [5.41, 5.74) is 2.96. The molecule has 4 heteroatoms. The van der Waals surface area contributed by atoms with E-state index in [9.17, 15) is 9.59 Å². The molecule has 4 nitrogen and oxygen atoms in total. The van der Waals surface area contributed by atoms with E-state index in [4.69, 9.17) is 9.47 Å². The third-order valence-electron chi connectivity index (χ3n) is 4.51. The fourth-order valence-electron chi connectivity index (χ4n) is 2.89. The van der Waals surface area contributed by atoms with Crippen LogP contribution in [0.1, 0.15) is 38.2 Å². The molecule has 0 saturated heterocycles. The van der Waals surface area contributed by atoms with Gasteiger partial charge in [0.05, 0.1) is 12.8 Å². The van der Waals surface area contributed by atoms with Gasteiger partial charge in [-0.05, 0) is 35.2 Å². The van der Waals surface area contributed by atoms with Crippen LogP contribution in [0.5, 0.6) is 11.5 Å². The Balaban J connectivity index is 1.54. The summed E-state index contributed by atoms with van der Waals surface area (Å²) in [5.74, 6) is 0.424. The number of hydrogen-bond acceptors (Lipinski definition) is 4. The molecule has 0 fully saturated rings. The molecule has 0 N–H and O–H groups in total. The normalized spacial score (nSPS) is 10.6. The predicted molar refractivity (Wildman–Crippen MR) is 113 cm³/mol. The summed E-state index contributed by atoms with van der Waals surface area (Å²) in [4.78, 5) is 24.3. The zero-order chi connectivity index (χ0) is 20.6. The molecule has 148 valence electrons. The zero-order valence-corrected chi connectivity index (χ0v) is 16.6. The van der Waals surface area contributed by atoms with Gasteiger partial charge >= 0.3 is 11.9 Å². The van der Waals surface area contributed by atoms with Gasteiger partial charge in [0.15, 0.2) is 0 Å². The van der Waals surface area contributed by atoms with E-state index < -0.39 is 11.9 Å². The van der Waals surface area contributed by atoms with E-state index in [2.05, 4.69) is 13.8 Å².